The van der Waals surface area contributed by atoms with Gasteiger partial charge >= 0.3 is 0 Å². The lowest BCUT2D eigenvalue weighted by atomic mass is 10.1. The molecule has 3 nitrogen and oxygen atoms in total. The average Bonchev–Trinajstić information content (AvgIpc) is 2.48. The molecule has 104 valence electrons. The van der Waals surface area contributed by atoms with Crippen LogP contribution in [0.3, 0.4) is 0 Å². The Hall–Kier alpha value is -2.13. The molecule has 0 aliphatic carbocycles. The first-order valence-electron chi connectivity index (χ1n) is 6.74. The van der Waals surface area contributed by atoms with Crippen molar-refractivity contribution >= 4 is 5.91 Å². The Labute approximate surface area is 119 Å². The molecule has 0 saturated carbocycles. The van der Waals surface area contributed by atoms with Crippen LogP contribution in [0.2, 0.25) is 0 Å². The van der Waals surface area contributed by atoms with E-state index in [9.17, 15) is 4.79 Å². The predicted octanol–water partition coefficient (Wildman–Crippen LogP) is 3.18. The Balaban J connectivity index is 1.67. The number of amides is 1. The van der Waals surface area contributed by atoms with E-state index in [1.165, 1.54) is 5.56 Å². The van der Waals surface area contributed by atoms with Crippen molar-refractivity contribution in [3.63, 3.8) is 0 Å². The van der Waals surface area contributed by atoms with Gasteiger partial charge in [0.15, 0.2) is 0 Å². The Morgan fingerprint density at radius 1 is 1.00 bits per heavy atom. The molecule has 0 radical (unpaired) electrons. The number of carbonyl (C=O) groups excluding carboxylic acids is 1. The van der Waals surface area contributed by atoms with Crippen LogP contribution in [0.25, 0.3) is 0 Å². The molecule has 0 aliphatic heterocycles. The summed E-state index contributed by atoms with van der Waals surface area (Å²) in [4.78, 5) is 16.8. The molecule has 0 spiro atoms. The van der Waals surface area contributed by atoms with Gasteiger partial charge in [0.2, 0.25) is 5.91 Å². The molecule has 0 aliphatic rings. The maximum absolute atomic E-state index is 11.6. The molecule has 0 bridgehead atoms. The first-order valence-corrected chi connectivity index (χ1v) is 6.74. The van der Waals surface area contributed by atoms with Gasteiger partial charge in [-0.25, -0.2) is 5.48 Å². The smallest absolute Gasteiger partial charge is 0.243 e. The number of rotatable bonds is 6. The lowest BCUT2D eigenvalue weighted by Gasteiger charge is -2.06. The van der Waals surface area contributed by atoms with E-state index in [0.717, 1.165) is 17.5 Å². The molecule has 2 aromatic carbocycles. The average molecular weight is 269 g/mol. The minimum absolute atomic E-state index is 0.0958. The zero-order valence-electron chi connectivity index (χ0n) is 11.6. The summed E-state index contributed by atoms with van der Waals surface area (Å²) in [5.74, 6) is -0.0958. The van der Waals surface area contributed by atoms with E-state index in [1.54, 1.807) is 0 Å². The zero-order valence-corrected chi connectivity index (χ0v) is 11.6. The second-order valence-corrected chi connectivity index (χ2v) is 4.79. The van der Waals surface area contributed by atoms with Crippen molar-refractivity contribution in [2.75, 3.05) is 0 Å². The Morgan fingerprint density at radius 2 is 1.70 bits per heavy atom. The van der Waals surface area contributed by atoms with E-state index in [4.69, 9.17) is 4.84 Å². The normalized spacial score (nSPS) is 10.2. The van der Waals surface area contributed by atoms with Gasteiger partial charge in [-0.15, -0.1) is 0 Å². The van der Waals surface area contributed by atoms with Crippen molar-refractivity contribution < 1.29 is 9.63 Å². The number of benzene rings is 2. The van der Waals surface area contributed by atoms with Gasteiger partial charge in [0.25, 0.3) is 0 Å². The van der Waals surface area contributed by atoms with Crippen LogP contribution in [0.5, 0.6) is 0 Å². The Bertz CT molecular complexity index is 535. The molecule has 1 amide bonds. The highest BCUT2D eigenvalue weighted by molar-refractivity contribution is 5.75. The van der Waals surface area contributed by atoms with E-state index < -0.39 is 0 Å². The lowest BCUT2D eigenvalue weighted by molar-refractivity contribution is -0.134. The Kier molecular flexibility index (Phi) is 5.33. The second-order valence-electron chi connectivity index (χ2n) is 4.79. The summed E-state index contributed by atoms with van der Waals surface area (Å²) in [7, 11) is 0. The zero-order chi connectivity index (χ0) is 14.2. The Morgan fingerprint density at radius 3 is 2.40 bits per heavy atom. The molecule has 2 aromatic rings. The van der Waals surface area contributed by atoms with Gasteiger partial charge in [-0.3, -0.25) is 9.63 Å². The van der Waals surface area contributed by atoms with E-state index in [-0.39, 0.29) is 5.91 Å². The summed E-state index contributed by atoms with van der Waals surface area (Å²) in [5, 5.41) is 0. The lowest BCUT2D eigenvalue weighted by Crippen LogP contribution is -2.23. The standard InChI is InChI=1S/C17H19NO2/c1-14-7-9-15(10-8-14)11-12-17(19)18-20-13-16-5-3-2-4-6-16/h2-10H,11-13H2,1H3,(H,18,19). The highest BCUT2D eigenvalue weighted by Crippen LogP contribution is 2.06. The largest absolute Gasteiger partial charge is 0.273 e. The summed E-state index contributed by atoms with van der Waals surface area (Å²) >= 11 is 0. The SMILES string of the molecule is Cc1ccc(CCC(=O)NOCc2ccccc2)cc1. The fourth-order valence-electron chi connectivity index (χ4n) is 1.84. The van der Waals surface area contributed by atoms with Gasteiger partial charge < -0.3 is 0 Å². The quantitative estimate of drug-likeness (QED) is 0.818. The monoisotopic (exact) mass is 269 g/mol. The molecule has 0 atom stereocenters. The summed E-state index contributed by atoms with van der Waals surface area (Å²) in [6, 6.07) is 18.0. The molecule has 0 unspecified atom stereocenters. The van der Waals surface area contributed by atoms with Crippen molar-refractivity contribution in [1.82, 2.24) is 5.48 Å². The molecule has 3 heteroatoms. The third kappa shape index (κ3) is 4.86. The third-order valence-electron chi connectivity index (χ3n) is 3.03. The first kappa shape index (κ1) is 14.3. The maximum Gasteiger partial charge on any atom is 0.243 e. The van der Waals surface area contributed by atoms with Gasteiger partial charge in [-0.2, -0.15) is 0 Å². The molecule has 0 heterocycles. The van der Waals surface area contributed by atoms with Crippen LogP contribution in [0, 0.1) is 6.92 Å². The van der Waals surface area contributed by atoms with E-state index in [2.05, 4.69) is 17.6 Å². The highest BCUT2D eigenvalue weighted by atomic mass is 16.6. The van der Waals surface area contributed by atoms with E-state index >= 15 is 0 Å². The number of nitrogens with one attached hydrogen (secondary N) is 1. The van der Waals surface area contributed by atoms with E-state index in [1.807, 2.05) is 49.4 Å². The summed E-state index contributed by atoms with van der Waals surface area (Å²) in [6.45, 7) is 2.44. The number of hydrogen-bond donors (Lipinski definition) is 1. The number of aryl methyl sites for hydroxylation is 2. The van der Waals surface area contributed by atoms with Crippen molar-refractivity contribution in [1.29, 1.82) is 0 Å². The van der Waals surface area contributed by atoms with Crippen LogP contribution >= 0.6 is 0 Å². The summed E-state index contributed by atoms with van der Waals surface area (Å²) < 4.78 is 0. The van der Waals surface area contributed by atoms with Crippen LogP contribution in [0.1, 0.15) is 23.1 Å². The molecular weight excluding hydrogens is 250 g/mol. The van der Waals surface area contributed by atoms with Crippen LogP contribution in [0.15, 0.2) is 54.6 Å². The van der Waals surface area contributed by atoms with Crippen molar-refractivity contribution in [3.8, 4) is 0 Å². The summed E-state index contributed by atoms with van der Waals surface area (Å²) in [6.07, 6.45) is 1.15. The fraction of sp³-hybridized carbons (Fsp3) is 0.235. The minimum atomic E-state index is -0.0958. The van der Waals surface area contributed by atoms with Crippen LogP contribution in [-0.4, -0.2) is 5.91 Å². The molecule has 2 rings (SSSR count). The van der Waals surface area contributed by atoms with Gasteiger partial charge in [0.1, 0.15) is 0 Å². The molecular formula is C17H19NO2. The first-order chi connectivity index (χ1) is 9.74. The van der Waals surface area contributed by atoms with Gasteiger partial charge in [0.05, 0.1) is 6.61 Å². The van der Waals surface area contributed by atoms with Crippen molar-refractivity contribution in [3.05, 3.63) is 71.3 Å². The number of hydrogen-bond acceptors (Lipinski definition) is 2. The second kappa shape index (κ2) is 7.46. The van der Waals surface area contributed by atoms with Crippen LogP contribution < -0.4 is 5.48 Å². The number of carbonyl (C=O) groups is 1. The fourth-order valence-corrected chi connectivity index (χ4v) is 1.84. The molecule has 1 N–H and O–H groups in total. The maximum atomic E-state index is 11.6. The molecule has 0 saturated heterocycles. The molecule has 0 aromatic heterocycles. The number of hydroxylamine groups is 1. The van der Waals surface area contributed by atoms with Gasteiger partial charge in [0, 0.05) is 6.42 Å². The third-order valence-corrected chi connectivity index (χ3v) is 3.03. The summed E-state index contributed by atoms with van der Waals surface area (Å²) in [5.41, 5.74) is 5.89. The van der Waals surface area contributed by atoms with Gasteiger partial charge in [-0.1, -0.05) is 60.2 Å². The van der Waals surface area contributed by atoms with E-state index in [0.29, 0.717) is 13.0 Å². The van der Waals surface area contributed by atoms with Gasteiger partial charge in [-0.05, 0) is 24.5 Å². The molecule has 20 heavy (non-hydrogen) atoms. The van der Waals surface area contributed by atoms with Crippen LogP contribution in [0.4, 0.5) is 0 Å². The van der Waals surface area contributed by atoms with Crippen molar-refractivity contribution in [2.45, 2.75) is 26.4 Å². The van der Waals surface area contributed by atoms with Crippen molar-refractivity contribution in [2.24, 2.45) is 0 Å². The highest BCUT2D eigenvalue weighted by Gasteiger charge is 2.02. The predicted molar refractivity (Wildman–Crippen MR) is 78.9 cm³/mol. The minimum Gasteiger partial charge on any atom is -0.273 e. The topological polar surface area (TPSA) is 38.3 Å². The van der Waals surface area contributed by atoms with Crippen LogP contribution in [-0.2, 0) is 22.7 Å². The molecule has 0 fully saturated rings.